The van der Waals surface area contributed by atoms with Gasteiger partial charge in [0.15, 0.2) is 11.5 Å². The van der Waals surface area contributed by atoms with Crippen molar-refractivity contribution in [2.45, 2.75) is 6.10 Å². The first-order chi connectivity index (χ1) is 11.3. The van der Waals surface area contributed by atoms with Crippen molar-refractivity contribution in [3.63, 3.8) is 0 Å². The van der Waals surface area contributed by atoms with Crippen LogP contribution in [0.1, 0.15) is 0 Å². The molecule has 0 saturated heterocycles. The predicted molar refractivity (Wildman–Crippen MR) is 86.3 cm³/mol. The summed E-state index contributed by atoms with van der Waals surface area (Å²) in [7, 11) is 0. The summed E-state index contributed by atoms with van der Waals surface area (Å²) in [5.74, 6) is 2.02. The highest BCUT2D eigenvalue weighted by molar-refractivity contribution is 5.46. The van der Waals surface area contributed by atoms with Gasteiger partial charge in [0.1, 0.15) is 24.2 Å². The lowest BCUT2D eigenvalue weighted by Gasteiger charge is -2.26. The van der Waals surface area contributed by atoms with Crippen molar-refractivity contribution in [3.8, 4) is 11.5 Å². The Morgan fingerprint density at radius 1 is 1.17 bits per heavy atom. The molecule has 3 aromatic rings. The predicted octanol–water partition coefficient (Wildman–Crippen LogP) is 1.95. The molecule has 1 aromatic carbocycles. The summed E-state index contributed by atoms with van der Waals surface area (Å²) < 4.78 is 13.0. The van der Waals surface area contributed by atoms with E-state index in [9.17, 15) is 4.79 Å². The van der Waals surface area contributed by atoms with Crippen molar-refractivity contribution < 1.29 is 9.47 Å². The molecule has 0 radical (unpaired) electrons. The first-order valence-electron chi connectivity index (χ1n) is 7.40. The quantitative estimate of drug-likeness (QED) is 0.801. The van der Waals surface area contributed by atoms with Gasteiger partial charge in [-0.05, 0) is 24.3 Å². The van der Waals surface area contributed by atoms with Crippen molar-refractivity contribution in [1.29, 1.82) is 0 Å². The molecule has 2 aromatic heterocycles. The van der Waals surface area contributed by atoms with Crippen molar-refractivity contribution in [1.82, 2.24) is 9.38 Å². The zero-order valence-electron chi connectivity index (χ0n) is 12.3. The second-order valence-corrected chi connectivity index (χ2v) is 5.29. The topological polar surface area (TPSA) is 64.9 Å². The van der Waals surface area contributed by atoms with Crippen LogP contribution in [0.15, 0.2) is 59.5 Å². The van der Waals surface area contributed by atoms with Gasteiger partial charge in [-0.3, -0.25) is 9.20 Å². The molecule has 3 heterocycles. The van der Waals surface area contributed by atoms with Gasteiger partial charge in [-0.25, -0.2) is 4.98 Å². The molecule has 0 saturated carbocycles. The molecule has 1 aliphatic heterocycles. The van der Waals surface area contributed by atoms with Crippen LogP contribution in [0.4, 0.5) is 5.82 Å². The second kappa shape index (κ2) is 5.64. The van der Waals surface area contributed by atoms with E-state index < -0.39 is 0 Å². The summed E-state index contributed by atoms with van der Waals surface area (Å²) in [6.45, 7) is 0.959. The van der Waals surface area contributed by atoms with E-state index in [4.69, 9.17) is 9.47 Å². The van der Waals surface area contributed by atoms with Crippen molar-refractivity contribution in [2.24, 2.45) is 0 Å². The molecule has 6 nitrogen and oxygen atoms in total. The van der Waals surface area contributed by atoms with Crippen LogP contribution in [0.25, 0.3) is 5.65 Å². The fourth-order valence-corrected chi connectivity index (χ4v) is 2.53. The molecule has 1 atom stereocenters. The average molecular weight is 309 g/mol. The fraction of sp³-hybridized carbons (Fsp3) is 0.176. The number of anilines is 1. The van der Waals surface area contributed by atoms with Crippen LogP contribution in [0.5, 0.6) is 11.5 Å². The number of pyridine rings is 1. The molecule has 0 spiro atoms. The maximum Gasteiger partial charge on any atom is 0.259 e. The molecule has 0 fully saturated rings. The summed E-state index contributed by atoms with van der Waals surface area (Å²) in [6.07, 6.45) is 1.56. The van der Waals surface area contributed by atoms with Crippen LogP contribution in [0.2, 0.25) is 0 Å². The molecule has 23 heavy (non-hydrogen) atoms. The summed E-state index contributed by atoms with van der Waals surface area (Å²) in [6, 6.07) is 14.5. The number of hydrogen-bond acceptors (Lipinski definition) is 5. The van der Waals surface area contributed by atoms with Crippen LogP contribution < -0.4 is 20.3 Å². The van der Waals surface area contributed by atoms with Gasteiger partial charge in [0.25, 0.3) is 5.56 Å². The van der Waals surface area contributed by atoms with Gasteiger partial charge >= 0.3 is 0 Å². The van der Waals surface area contributed by atoms with Crippen molar-refractivity contribution in [3.05, 3.63) is 65.1 Å². The molecular weight excluding hydrogens is 294 g/mol. The molecule has 6 heteroatoms. The largest absolute Gasteiger partial charge is 0.486 e. The van der Waals surface area contributed by atoms with Gasteiger partial charge < -0.3 is 14.8 Å². The lowest BCUT2D eigenvalue weighted by atomic mass is 10.2. The average Bonchev–Trinajstić information content (AvgIpc) is 2.60. The van der Waals surface area contributed by atoms with E-state index in [-0.39, 0.29) is 11.7 Å². The van der Waals surface area contributed by atoms with Crippen LogP contribution in [0.3, 0.4) is 0 Å². The van der Waals surface area contributed by atoms with E-state index in [1.54, 1.807) is 18.3 Å². The molecule has 1 N–H and O–H groups in total. The summed E-state index contributed by atoms with van der Waals surface area (Å²) in [4.78, 5) is 16.5. The molecule has 1 aliphatic rings. The second-order valence-electron chi connectivity index (χ2n) is 5.29. The van der Waals surface area contributed by atoms with Crippen molar-refractivity contribution in [2.75, 3.05) is 18.5 Å². The highest BCUT2D eigenvalue weighted by atomic mass is 16.6. The Labute approximate surface area is 132 Å². The summed E-state index contributed by atoms with van der Waals surface area (Å²) in [5.41, 5.74) is 0.484. The molecular formula is C17H15N3O3. The fourth-order valence-electron chi connectivity index (χ4n) is 2.53. The number of nitrogens with zero attached hydrogens (tertiary/aromatic N) is 2. The SMILES string of the molecule is O=c1cc(NC[C@H]2COc3ccccc3O2)nc2ccccn12. The first kappa shape index (κ1) is 13.6. The molecule has 0 unspecified atom stereocenters. The first-order valence-corrected chi connectivity index (χ1v) is 7.40. The van der Waals surface area contributed by atoms with E-state index >= 15 is 0 Å². The third-order valence-electron chi connectivity index (χ3n) is 3.65. The number of benzene rings is 1. The lowest BCUT2D eigenvalue weighted by molar-refractivity contribution is 0.0997. The van der Waals surface area contributed by atoms with Crippen LogP contribution >= 0.6 is 0 Å². The number of rotatable bonds is 3. The third kappa shape index (κ3) is 2.70. The Morgan fingerprint density at radius 2 is 2.00 bits per heavy atom. The summed E-state index contributed by atoms with van der Waals surface area (Å²) in [5, 5.41) is 3.15. The Morgan fingerprint density at radius 3 is 2.91 bits per heavy atom. The Hall–Kier alpha value is -3.02. The highest BCUT2D eigenvalue weighted by Crippen LogP contribution is 2.30. The number of ether oxygens (including phenoxy) is 2. The Bertz CT molecular complexity index is 907. The van der Waals surface area contributed by atoms with Crippen LogP contribution in [-0.2, 0) is 0 Å². The zero-order valence-corrected chi connectivity index (χ0v) is 12.3. The van der Waals surface area contributed by atoms with E-state index in [1.165, 1.54) is 10.5 Å². The van der Waals surface area contributed by atoms with Crippen molar-refractivity contribution >= 4 is 11.5 Å². The third-order valence-corrected chi connectivity index (χ3v) is 3.65. The van der Waals surface area contributed by atoms with Gasteiger partial charge in [-0.15, -0.1) is 0 Å². The molecule has 116 valence electrons. The Kier molecular flexibility index (Phi) is 3.34. The number of hydrogen-bond donors (Lipinski definition) is 1. The highest BCUT2D eigenvalue weighted by Gasteiger charge is 2.20. The van der Waals surface area contributed by atoms with Gasteiger partial charge in [-0.2, -0.15) is 0 Å². The minimum absolute atomic E-state index is 0.121. The monoisotopic (exact) mass is 309 g/mol. The molecule has 0 bridgehead atoms. The minimum atomic E-state index is -0.138. The Balaban J connectivity index is 1.49. The molecule has 4 rings (SSSR count). The zero-order chi connectivity index (χ0) is 15.6. The maximum atomic E-state index is 12.0. The number of nitrogens with one attached hydrogen (secondary N) is 1. The van der Waals surface area contributed by atoms with Gasteiger partial charge in [0.05, 0.1) is 6.54 Å². The number of para-hydroxylation sites is 2. The van der Waals surface area contributed by atoms with E-state index in [0.717, 1.165) is 11.5 Å². The van der Waals surface area contributed by atoms with E-state index in [2.05, 4.69) is 10.3 Å². The van der Waals surface area contributed by atoms with Crippen LogP contribution in [-0.4, -0.2) is 28.6 Å². The normalized spacial score (nSPS) is 16.3. The number of fused-ring (bicyclic) bond motifs is 2. The summed E-state index contributed by atoms with van der Waals surface area (Å²) >= 11 is 0. The van der Waals surface area contributed by atoms with E-state index in [0.29, 0.717) is 24.6 Å². The lowest BCUT2D eigenvalue weighted by Crippen LogP contribution is -2.35. The maximum absolute atomic E-state index is 12.0. The van der Waals surface area contributed by atoms with E-state index in [1.807, 2.05) is 30.3 Å². The molecule has 0 amide bonds. The molecule has 0 aliphatic carbocycles. The standard InChI is InChI=1S/C17H15N3O3/c21-17-9-15(19-16-7-3-4-8-20(16)17)18-10-12-11-22-13-5-1-2-6-14(13)23-12/h1-9,12,18H,10-11H2/t12-/m0/s1. The van der Waals surface area contributed by atoms with Gasteiger partial charge in [0, 0.05) is 12.3 Å². The van der Waals surface area contributed by atoms with Crippen LogP contribution in [0, 0.1) is 0 Å². The smallest absolute Gasteiger partial charge is 0.259 e. The van der Waals surface area contributed by atoms with Gasteiger partial charge in [-0.1, -0.05) is 18.2 Å². The minimum Gasteiger partial charge on any atom is -0.486 e. The number of aromatic nitrogens is 2. The van der Waals surface area contributed by atoms with Gasteiger partial charge in [0.2, 0.25) is 0 Å².